The standard InChI is InChI=1S/C24H26ClF3N6O/c1-23(2,3)32-20(24(26,27)28)15-7-6-14(12-16(15)25)31-21-19-18(9-11-30-22(19)35)34(33-21)17(8-10-29)13-4-5-13/h6-7,9,11-13,17,20,32H,4-5,8H2,1-3H3,(H,30,35)(H,31,33)/t17-,20-/m0/s1. The van der Waals surface area contributed by atoms with E-state index in [1.165, 1.54) is 24.4 Å². The molecule has 186 valence electrons. The number of halogens is 4. The van der Waals surface area contributed by atoms with Crippen LogP contribution in [0.15, 0.2) is 35.3 Å². The molecule has 0 amide bonds. The molecule has 3 aromatic rings. The van der Waals surface area contributed by atoms with Crippen molar-refractivity contribution in [2.75, 3.05) is 5.32 Å². The smallest absolute Gasteiger partial charge is 0.338 e. The zero-order valence-electron chi connectivity index (χ0n) is 19.5. The number of alkyl halides is 3. The summed E-state index contributed by atoms with van der Waals surface area (Å²) in [4.78, 5) is 15.3. The molecule has 11 heteroatoms. The molecule has 7 nitrogen and oxygen atoms in total. The number of benzene rings is 1. The minimum Gasteiger partial charge on any atom is -0.338 e. The van der Waals surface area contributed by atoms with E-state index in [2.05, 4.69) is 26.8 Å². The molecular formula is C24H26ClF3N6O. The first-order valence-corrected chi connectivity index (χ1v) is 11.6. The molecule has 2 heterocycles. The second kappa shape index (κ2) is 9.21. The highest BCUT2D eigenvalue weighted by molar-refractivity contribution is 6.31. The molecule has 2 aromatic heterocycles. The molecule has 1 aliphatic rings. The second-order valence-corrected chi connectivity index (χ2v) is 10.3. The number of rotatable bonds is 7. The van der Waals surface area contributed by atoms with Crippen LogP contribution in [0.2, 0.25) is 5.02 Å². The number of nitrogens with one attached hydrogen (secondary N) is 3. The second-order valence-electron chi connectivity index (χ2n) is 9.86. The Morgan fingerprint density at radius 1 is 1.29 bits per heavy atom. The molecule has 0 aliphatic heterocycles. The lowest BCUT2D eigenvalue weighted by Crippen LogP contribution is -2.45. The highest BCUT2D eigenvalue weighted by atomic mass is 35.5. The first-order chi connectivity index (χ1) is 16.4. The number of aromatic nitrogens is 3. The Labute approximate surface area is 205 Å². The highest BCUT2D eigenvalue weighted by Gasteiger charge is 2.43. The predicted octanol–water partition coefficient (Wildman–Crippen LogP) is 5.98. The summed E-state index contributed by atoms with van der Waals surface area (Å²) in [5, 5.41) is 19.7. The maximum absolute atomic E-state index is 13.8. The van der Waals surface area contributed by atoms with Crippen molar-refractivity contribution in [3.63, 3.8) is 0 Å². The SMILES string of the molecule is CC(C)(C)N[C@@H](c1ccc(Nc2nn([C@@H](CC#N)C3CC3)c3cc[nH]c(=O)c23)cc1Cl)C(F)(F)F. The van der Waals surface area contributed by atoms with Crippen molar-refractivity contribution in [3.8, 4) is 6.07 Å². The van der Waals surface area contributed by atoms with Gasteiger partial charge in [-0.3, -0.25) is 14.8 Å². The van der Waals surface area contributed by atoms with E-state index >= 15 is 0 Å². The van der Waals surface area contributed by atoms with Crippen molar-refractivity contribution in [2.45, 2.75) is 63.8 Å². The Balaban J connectivity index is 1.71. The van der Waals surface area contributed by atoms with E-state index in [9.17, 15) is 23.2 Å². The van der Waals surface area contributed by atoms with Gasteiger partial charge in [0.15, 0.2) is 5.82 Å². The fraction of sp³-hybridized carbons (Fsp3) is 0.458. The number of aromatic amines is 1. The molecule has 0 radical (unpaired) electrons. The average Bonchev–Trinajstić information content (AvgIpc) is 3.52. The molecule has 1 aliphatic carbocycles. The fourth-order valence-corrected chi connectivity index (χ4v) is 4.50. The molecule has 4 rings (SSSR count). The average molecular weight is 507 g/mol. The first kappa shape index (κ1) is 25.1. The Morgan fingerprint density at radius 2 is 2.00 bits per heavy atom. The molecule has 0 spiro atoms. The summed E-state index contributed by atoms with van der Waals surface area (Å²) >= 11 is 6.31. The van der Waals surface area contributed by atoms with E-state index in [-0.39, 0.29) is 34.4 Å². The zero-order valence-corrected chi connectivity index (χ0v) is 20.3. The Kier molecular flexibility index (Phi) is 6.60. The summed E-state index contributed by atoms with van der Waals surface area (Å²) in [6, 6.07) is 5.98. The van der Waals surface area contributed by atoms with Crippen LogP contribution in [-0.2, 0) is 0 Å². The molecule has 0 saturated heterocycles. The minimum atomic E-state index is -4.55. The number of H-pyrrole nitrogens is 1. The van der Waals surface area contributed by atoms with Gasteiger partial charge in [0.25, 0.3) is 5.56 Å². The van der Waals surface area contributed by atoms with Crippen LogP contribution < -0.4 is 16.2 Å². The summed E-state index contributed by atoms with van der Waals surface area (Å²) in [5.74, 6) is 0.558. The van der Waals surface area contributed by atoms with Crippen LogP contribution >= 0.6 is 11.6 Å². The monoisotopic (exact) mass is 506 g/mol. The van der Waals surface area contributed by atoms with Gasteiger partial charge in [0.2, 0.25) is 0 Å². The van der Waals surface area contributed by atoms with Gasteiger partial charge in [-0.25, -0.2) is 0 Å². The van der Waals surface area contributed by atoms with Crippen molar-refractivity contribution in [1.82, 2.24) is 20.1 Å². The van der Waals surface area contributed by atoms with Crippen LogP contribution in [0.4, 0.5) is 24.7 Å². The lowest BCUT2D eigenvalue weighted by atomic mass is 10.0. The predicted molar refractivity (Wildman–Crippen MR) is 129 cm³/mol. The minimum absolute atomic E-state index is 0.0768. The molecule has 1 saturated carbocycles. The fourth-order valence-electron chi connectivity index (χ4n) is 4.21. The maximum atomic E-state index is 13.8. The molecular weight excluding hydrogens is 481 g/mol. The Morgan fingerprint density at radius 3 is 2.57 bits per heavy atom. The summed E-state index contributed by atoms with van der Waals surface area (Å²) in [6.07, 6.45) is -0.798. The number of anilines is 2. The largest absolute Gasteiger partial charge is 0.407 e. The number of hydrogen-bond donors (Lipinski definition) is 3. The van der Waals surface area contributed by atoms with E-state index in [4.69, 9.17) is 11.6 Å². The van der Waals surface area contributed by atoms with Gasteiger partial charge in [-0.05, 0) is 63.3 Å². The van der Waals surface area contributed by atoms with Crippen molar-refractivity contribution < 1.29 is 13.2 Å². The normalized spacial score (nSPS) is 16.2. The van der Waals surface area contributed by atoms with Gasteiger partial charge in [0.1, 0.15) is 11.4 Å². The summed E-state index contributed by atoms with van der Waals surface area (Å²) in [7, 11) is 0. The molecule has 2 atom stereocenters. The lowest BCUT2D eigenvalue weighted by molar-refractivity contribution is -0.161. The number of pyridine rings is 1. The van der Waals surface area contributed by atoms with Gasteiger partial charge in [-0.1, -0.05) is 17.7 Å². The van der Waals surface area contributed by atoms with Crippen molar-refractivity contribution in [3.05, 3.63) is 51.4 Å². The van der Waals surface area contributed by atoms with Crippen LogP contribution in [0, 0.1) is 17.2 Å². The van der Waals surface area contributed by atoms with E-state index < -0.39 is 17.8 Å². The number of fused-ring (bicyclic) bond motifs is 1. The summed E-state index contributed by atoms with van der Waals surface area (Å²) in [5.41, 5.74) is -0.298. The number of hydrogen-bond acceptors (Lipinski definition) is 5. The molecule has 1 fully saturated rings. The van der Waals surface area contributed by atoms with E-state index in [0.717, 1.165) is 12.8 Å². The zero-order chi connectivity index (χ0) is 25.5. The maximum Gasteiger partial charge on any atom is 0.407 e. The number of nitrogens with zero attached hydrogens (tertiary/aromatic N) is 3. The third-order valence-electron chi connectivity index (χ3n) is 5.89. The van der Waals surface area contributed by atoms with Crippen LogP contribution in [-0.4, -0.2) is 26.5 Å². The third kappa shape index (κ3) is 5.46. The molecule has 0 bridgehead atoms. The van der Waals surface area contributed by atoms with Crippen LogP contribution in [0.3, 0.4) is 0 Å². The molecule has 3 N–H and O–H groups in total. The molecule has 35 heavy (non-hydrogen) atoms. The Bertz CT molecular complexity index is 1330. The van der Waals surface area contributed by atoms with Gasteiger partial charge in [0.05, 0.1) is 24.0 Å². The molecule has 0 unspecified atom stereocenters. The van der Waals surface area contributed by atoms with Crippen LogP contribution in [0.25, 0.3) is 10.9 Å². The van der Waals surface area contributed by atoms with E-state index in [1.54, 1.807) is 31.5 Å². The van der Waals surface area contributed by atoms with Crippen LogP contribution in [0.1, 0.15) is 57.7 Å². The van der Waals surface area contributed by atoms with Gasteiger partial charge < -0.3 is 10.3 Å². The van der Waals surface area contributed by atoms with Gasteiger partial charge >= 0.3 is 6.18 Å². The quantitative estimate of drug-likeness (QED) is 0.366. The third-order valence-corrected chi connectivity index (χ3v) is 6.22. The Hall–Kier alpha value is -3.03. The number of nitriles is 1. The van der Waals surface area contributed by atoms with Crippen molar-refractivity contribution in [2.24, 2.45) is 5.92 Å². The van der Waals surface area contributed by atoms with Gasteiger partial charge in [0, 0.05) is 22.4 Å². The van der Waals surface area contributed by atoms with Crippen molar-refractivity contribution >= 4 is 34.0 Å². The highest BCUT2D eigenvalue weighted by Crippen LogP contribution is 2.43. The van der Waals surface area contributed by atoms with Gasteiger partial charge in [-0.15, -0.1) is 0 Å². The topological polar surface area (TPSA) is 98.5 Å². The summed E-state index contributed by atoms with van der Waals surface area (Å²) in [6.45, 7) is 4.95. The molecule has 1 aromatic carbocycles. The van der Waals surface area contributed by atoms with Crippen LogP contribution in [0.5, 0.6) is 0 Å². The van der Waals surface area contributed by atoms with E-state index in [1.807, 2.05) is 0 Å². The van der Waals surface area contributed by atoms with Crippen molar-refractivity contribution in [1.29, 1.82) is 5.26 Å². The van der Waals surface area contributed by atoms with E-state index in [0.29, 0.717) is 22.5 Å². The summed E-state index contributed by atoms with van der Waals surface area (Å²) < 4.78 is 43.1. The van der Waals surface area contributed by atoms with Gasteiger partial charge in [-0.2, -0.15) is 23.5 Å². The first-order valence-electron chi connectivity index (χ1n) is 11.3. The lowest BCUT2D eigenvalue weighted by Gasteiger charge is -2.31.